The Balaban J connectivity index is 1.76. The molecule has 1 unspecified atom stereocenters. The number of likely N-dealkylation sites (N-methyl/N-ethyl adjacent to an activating group) is 1. The summed E-state index contributed by atoms with van der Waals surface area (Å²) in [6, 6.07) is 6.36. The van der Waals surface area contributed by atoms with Crippen LogP contribution >= 0.6 is 0 Å². The van der Waals surface area contributed by atoms with Gasteiger partial charge in [-0.3, -0.25) is 0 Å². The van der Waals surface area contributed by atoms with Gasteiger partial charge in [-0.05, 0) is 26.1 Å². The molecule has 0 saturated heterocycles. The van der Waals surface area contributed by atoms with E-state index in [0.717, 1.165) is 19.5 Å². The SMILES string of the molecule is CN(CCCn1ccnc1)CC(O)c1ccccc1F. The fraction of sp³-hybridized carbons (Fsp3) is 0.400. The molecular formula is C15H20FN3O. The van der Waals surface area contributed by atoms with E-state index in [-0.39, 0.29) is 5.82 Å². The number of imidazole rings is 1. The third-order valence-corrected chi connectivity index (χ3v) is 3.26. The Morgan fingerprint density at radius 3 is 2.90 bits per heavy atom. The van der Waals surface area contributed by atoms with E-state index < -0.39 is 6.10 Å². The summed E-state index contributed by atoms with van der Waals surface area (Å²) in [6.07, 6.45) is 5.62. The molecule has 2 rings (SSSR count). The number of aliphatic hydroxyl groups excluding tert-OH is 1. The highest BCUT2D eigenvalue weighted by Gasteiger charge is 2.14. The van der Waals surface area contributed by atoms with Gasteiger partial charge in [-0.15, -0.1) is 0 Å². The quantitative estimate of drug-likeness (QED) is 0.842. The number of benzene rings is 1. The van der Waals surface area contributed by atoms with Gasteiger partial charge in [0.1, 0.15) is 5.82 Å². The molecular weight excluding hydrogens is 257 g/mol. The van der Waals surface area contributed by atoms with E-state index in [1.165, 1.54) is 6.07 Å². The Kier molecular flexibility index (Phi) is 5.26. The molecule has 1 aromatic heterocycles. The van der Waals surface area contributed by atoms with Crippen molar-refractivity contribution in [1.82, 2.24) is 14.5 Å². The number of rotatable bonds is 7. The fourth-order valence-electron chi connectivity index (χ4n) is 2.17. The molecule has 0 radical (unpaired) electrons. The van der Waals surface area contributed by atoms with E-state index in [1.54, 1.807) is 30.7 Å². The molecule has 5 heteroatoms. The molecule has 1 heterocycles. The minimum Gasteiger partial charge on any atom is -0.387 e. The lowest BCUT2D eigenvalue weighted by Gasteiger charge is -2.21. The first-order valence-corrected chi connectivity index (χ1v) is 6.73. The van der Waals surface area contributed by atoms with E-state index in [4.69, 9.17) is 0 Å². The van der Waals surface area contributed by atoms with Crippen LogP contribution in [-0.2, 0) is 6.54 Å². The predicted octanol–water partition coefficient (Wildman–Crippen LogP) is 2.08. The van der Waals surface area contributed by atoms with Crippen molar-refractivity contribution < 1.29 is 9.50 Å². The molecule has 1 N–H and O–H groups in total. The second kappa shape index (κ2) is 7.17. The van der Waals surface area contributed by atoms with Crippen LogP contribution in [0.3, 0.4) is 0 Å². The van der Waals surface area contributed by atoms with Gasteiger partial charge < -0.3 is 14.6 Å². The van der Waals surface area contributed by atoms with Crippen LogP contribution in [-0.4, -0.2) is 39.7 Å². The smallest absolute Gasteiger partial charge is 0.129 e. The summed E-state index contributed by atoms with van der Waals surface area (Å²) in [7, 11) is 1.93. The van der Waals surface area contributed by atoms with Crippen LogP contribution in [0, 0.1) is 5.82 Å². The summed E-state index contributed by atoms with van der Waals surface area (Å²) in [5, 5.41) is 10.1. The third kappa shape index (κ3) is 4.15. The second-order valence-corrected chi connectivity index (χ2v) is 4.95. The van der Waals surface area contributed by atoms with Crippen LogP contribution in [0.2, 0.25) is 0 Å². The molecule has 0 saturated carbocycles. The first-order chi connectivity index (χ1) is 9.66. The van der Waals surface area contributed by atoms with E-state index in [0.29, 0.717) is 12.1 Å². The molecule has 20 heavy (non-hydrogen) atoms. The normalized spacial score (nSPS) is 12.8. The highest BCUT2D eigenvalue weighted by atomic mass is 19.1. The third-order valence-electron chi connectivity index (χ3n) is 3.26. The zero-order valence-electron chi connectivity index (χ0n) is 11.6. The average Bonchev–Trinajstić information content (AvgIpc) is 2.92. The molecule has 0 amide bonds. The standard InChI is InChI=1S/C15H20FN3O/c1-18(8-4-9-19-10-7-17-12-19)11-15(20)13-5-2-3-6-14(13)16/h2-3,5-7,10,12,15,20H,4,8-9,11H2,1H3. The number of aryl methyl sites for hydroxylation is 1. The minimum atomic E-state index is -0.797. The largest absolute Gasteiger partial charge is 0.387 e. The van der Waals surface area contributed by atoms with Crippen LogP contribution in [0.25, 0.3) is 0 Å². The fourth-order valence-corrected chi connectivity index (χ4v) is 2.17. The maximum absolute atomic E-state index is 13.5. The van der Waals surface area contributed by atoms with E-state index in [2.05, 4.69) is 4.98 Å². The molecule has 1 atom stereocenters. The number of aromatic nitrogens is 2. The van der Waals surface area contributed by atoms with Gasteiger partial charge in [-0.2, -0.15) is 0 Å². The summed E-state index contributed by atoms with van der Waals surface area (Å²) in [5.41, 5.74) is 0.356. The second-order valence-electron chi connectivity index (χ2n) is 4.95. The van der Waals surface area contributed by atoms with Crippen molar-refractivity contribution in [2.75, 3.05) is 20.1 Å². The van der Waals surface area contributed by atoms with E-state index >= 15 is 0 Å². The maximum Gasteiger partial charge on any atom is 0.129 e. The number of hydrogen-bond acceptors (Lipinski definition) is 3. The lowest BCUT2D eigenvalue weighted by molar-refractivity contribution is 0.122. The van der Waals surface area contributed by atoms with Crippen LogP contribution in [0.5, 0.6) is 0 Å². The molecule has 0 fully saturated rings. The molecule has 0 bridgehead atoms. The topological polar surface area (TPSA) is 41.3 Å². The van der Waals surface area contributed by atoms with Gasteiger partial charge >= 0.3 is 0 Å². The lowest BCUT2D eigenvalue weighted by Crippen LogP contribution is -2.26. The molecule has 0 aliphatic heterocycles. The van der Waals surface area contributed by atoms with Crippen molar-refractivity contribution in [2.24, 2.45) is 0 Å². The molecule has 108 valence electrons. The Morgan fingerprint density at radius 2 is 2.20 bits per heavy atom. The maximum atomic E-state index is 13.5. The summed E-state index contributed by atoms with van der Waals surface area (Å²) in [5.74, 6) is -0.355. The van der Waals surface area contributed by atoms with Gasteiger partial charge in [-0.1, -0.05) is 18.2 Å². The van der Waals surface area contributed by atoms with Gasteiger partial charge in [0.2, 0.25) is 0 Å². The molecule has 0 spiro atoms. The zero-order chi connectivity index (χ0) is 14.4. The van der Waals surface area contributed by atoms with Gasteiger partial charge in [0.25, 0.3) is 0 Å². The molecule has 0 aliphatic carbocycles. The highest BCUT2D eigenvalue weighted by Crippen LogP contribution is 2.17. The highest BCUT2D eigenvalue weighted by molar-refractivity contribution is 5.19. The first kappa shape index (κ1) is 14.7. The van der Waals surface area contributed by atoms with Gasteiger partial charge in [0.05, 0.1) is 12.4 Å². The zero-order valence-corrected chi connectivity index (χ0v) is 11.6. The summed E-state index contributed by atoms with van der Waals surface area (Å²) in [4.78, 5) is 5.99. The molecule has 4 nitrogen and oxygen atoms in total. The Labute approximate surface area is 118 Å². The molecule has 1 aromatic carbocycles. The Morgan fingerprint density at radius 1 is 1.40 bits per heavy atom. The molecule has 2 aromatic rings. The van der Waals surface area contributed by atoms with Crippen LogP contribution in [0.15, 0.2) is 43.0 Å². The Bertz CT molecular complexity index is 516. The summed E-state index contributed by atoms with van der Waals surface area (Å²) < 4.78 is 15.6. The monoisotopic (exact) mass is 277 g/mol. The first-order valence-electron chi connectivity index (χ1n) is 6.73. The lowest BCUT2D eigenvalue weighted by atomic mass is 10.1. The van der Waals surface area contributed by atoms with Crippen molar-refractivity contribution in [3.05, 3.63) is 54.4 Å². The summed E-state index contributed by atoms with van der Waals surface area (Å²) in [6.45, 7) is 2.15. The summed E-state index contributed by atoms with van der Waals surface area (Å²) >= 11 is 0. The van der Waals surface area contributed by atoms with Crippen molar-refractivity contribution in [3.63, 3.8) is 0 Å². The Hall–Kier alpha value is -1.72. The van der Waals surface area contributed by atoms with Crippen LogP contribution in [0.1, 0.15) is 18.1 Å². The number of aliphatic hydroxyl groups is 1. The predicted molar refractivity (Wildman–Crippen MR) is 75.7 cm³/mol. The van der Waals surface area contributed by atoms with Crippen molar-refractivity contribution in [3.8, 4) is 0 Å². The van der Waals surface area contributed by atoms with E-state index in [9.17, 15) is 9.50 Å². The number of hydrogen-bond donors (Lipinski definition) is 1. The number of halogens is 1. The van der Waals surface area contributed by atoms with E-state index in [1.807, 2.05) is 22.7 Å². The molecule has 0 aliphatic rings. The van der Waals surface area contributed by atoms with Crippen molar-refractivity contribution in [2.45, 2.75) is 19.1 Å². The van der Waals surface area contributed by atoms with Crippen LogP contribution < -0.4 is 0 Å². The van der Waals surface area contributed by atoms with Gasteiger partial charge in [0.15, 0.2) is 0 Å². The minimum absolute atomic E-state index is 0.355. The van der Waals surface area contributed by atoms with Crippen molar-refractivity contribution >= 4 is 0 Å². The van der Waals surface area contributed by atoms with Gasteiger partial charge in [-0.25, -0.2) is 9.37 Å². The van der Waals surface area contributed by atoms with Crippen molar-refractivity contribution in [1.29, 1.82) is 0 Å². The average molecular weight is 277 g/mol. The number of nitrogens with zero attached hydrogens (tertiary/aromatic N) is 3. The van der Waals surface area contributed by atoms with Crippen LogP contribution in [0.4, 0.5) is 4.39 Å². The van der Waals surface area contributed by atoms with Gasteiger partial charge in [0, 0.05) is 31.0 Å².